The van der Waals surface area contributed by atoms with Crippen molar-refractivity contribution in [2.45, 2.75) is 19.3 Å². The van der Waals surface area contributed by atoms with E-state index in [2.05, 4.69) is 159 Å². The molecule has 0 bridgehead atoms. The van der Waals surface area contributed by atoms with E-state index in [-0.39, 0.29) is 5.41 Å². The fourth-order valence-electron chi connectivity index (χ4n) is 8.62. The van der Waals surface area contributed by atoms with E-state index < -0.39 is 0 Å². The fourth-order valence-corrected chi connectivity index (χ4v) is 8.62. The van der Waals surface area contributed by atoms with Crippen LogP contribution in [0.25, 0.3) is 99.5 Å². The van der Waals surface area contributed by atoms with Gasteiger partial charge in [0.05, 0.1) is 0 Å². The van der Waals surface area contributed by atoms with Gasteiger partial charge in [0.1, 0.15) is 22.3 Å². The molecule has 0 N–H and O–H groups in total. The van der Waals surface area contributed by atoms with Crippen LogP contribution < -0.4 is 0 Å². The van der Waals surface area contributed by atoms with Crippen LogP contribution in [-0.4, -0.2) is 0 Å². The zero-order valence-electron chi connectivity index (χ0n) is 29.5. The molecule has 11 rings (SSSR count). The van der Waals surface area contributed by atoms with Crippen LogP contribution >= 0.6 is 0 Å². The predicted molar refractivity (Wildman–Crippen MR) is 220 cm³/mol. The highest BCUT2D eigenvalue weighted by Crippen LogP contribution is 2.51. The molecule has 8 aromatic carbocycles. The lowest BCUT2D eigenvalue weighted by Crippen LogP contribution is -2.15. The minimum atomic E-state index is -0.123. The van der Waals surface area contributed by atoms with E-state index in [1.165, 1.54) is 66.8 Å². The highest BCUT2D eigenvalue weighted by Gasteiger charge is 2.36. The van der Waals surface area contributed by atoms with Crippen LogP contribution in [0.5, 0.6) is 0 Å². The largest absolute Gasteiger partial charge is 0.456 e. The lowest BCUT2D eigenvalue weighted by molar-refractivity contribution is 0.661. The minimum absolute atomic E-state index is 0.123. The van der Waals surface area contributed by atoms with Crippen LogP contribution in [-0.2, 0) is 5.41 Å². The molecule has 0 aliphatic heterocycles. The van der Waals surface area contributed by atoms with E-state index in [9.17, 15) is 0 Å². The van der Waals surface area contributed by atoms with Crippen molar-refractivity contribution >= 4 is 43.9 Å². The third-order valence-corrected chi connectivity index (χ3v) is 11.5. The number of hydrogen-bond acceptors (Lipinski definition) is 2. The van der Waals surface area contributed by atoms with Gasteiger partial charge in [-0.25, -0.2) is 0 Å². The Kier molecular flexibility index (Phi) is 6.33. The first-order valence-corrected chi connectivity index (χ1v) is 18.3. The summed E-state index contributed by atoms with van der Waals surface area (Å²) in [5.74, 6) is 0. The zero-order chi connectivity index (χ0) is 35.3. The summed E-state index contributed by atoms with van der Waals surface area (Å²) in [4.78, 5) is 0. The SMILES string of the molecule is CC1(C)c2cc(-c3ccc(-c4ccc5oc6ccccc6c5c4)cc3)ccc2-c2ccc(-c3ccc(-c4ccc5oc6ccccc6c5c4)cc3)cc21. The smallest absolute Gasteiger partial charge is 0.135 e. The minimum Gasteiger partial charge on any atom is -0.456 e. The van der Waals surface area contributed by atoms with Crippen molar-refractivity contribution < 1.29 is 8.83 Å². The monoisotopic (exact) mass is 678 g/mol. The summed E-state index contributed by atoms with van der Waals surface area (Å²) < 4.78 is 12.1. The van der Waals surface area contributed by atoms with Crippen molar-refractivity contribution in [3.8, 4) is 55.6 Å². The number of rotatable bonds is 4. The average molecular weight is 679 g/mol. The Hall–Kier alpha value is -6.64. The van der Waals surface area contributed by atoms with Gasteiger partial charge in [0.2, 0.25) is 0 Å². The Labute approximate surface area is 307 Å². The summed E-state index contributed by atoms with van der Waals surface area (Å²) in [6.45, 7) is 4.73. The molecule has 2 heteroatoms. The molecule has 0 atom stereocenters. The van der Waals surface area contributed by atoms with Crippen LogP contribution in [0.4, 0.5) is 0 Å². The van der Waals surface area contributed by atoms with Crippen LogP contribution in [0.3, 0.4) is 0 Å². The maximum Gasteiger partial charge on any atom is 0.135 e. The highest BCUT2D eigenvalue weighted by atomic mass is 16.3. The molecule has 0 saturated heterocycles. The maximum atomic E-state index is 6.06. The number of furan rings is 2. The van der Waals surface area contributed by atoms with Crippen LogP contribution in [0.1, 0.15) is 25.0 Å². The van der Waals surface area contributed by atoms with Crippen LogP contribution in [0.2, 0.25) is 0 Å². The van der Waals surface area contributed by atoms with Crippen molar-refractivity contribution in [1.29, 1.82) is 0 Å². The molecule has 2 heterocycles. The topological polar surface area (TPSA) is 26.3 Å². The summed E-state index contributed by atoms with van der Waals surface area (Å²) in [5.41, 5.74) is 18.7. The van der Waals surface area contributed by atoms with Gasteiger partial charge in [-0.15, -0.1) is 0 Å². The molecule has 53 heavy (non-hydrogen) atoms. The fraction of sp³-hybridized carbons (Fsp3) is 0.0588. The second-order valence-corrected chi connectivity index (χ2v) is 14.9. The molecule has 10 aromatic rings. The molecule has 0 fully saturated rings. The second-order valence-electron chi connectivity index (χ2n) is 14.9. The van der Waals surface area contributed by atoms with Gasteiger partial charge in [-0.1, -0.05) is 135 Å². The Balaban J connectivity index is 0.876. The molecule has 0 unspecified atom stereocenters. The zero-order valence-corrected chi connectivity index (χ0v) is 29.5. The Morgan fingerprint density at radius 3 is 1.04 bits per heavy atom. The van der Waals surface area contributed by atoms with Gasteiger partial charge in [0, 0.05) is 27.0 Å². The normalized spacial score (nSPS) is 13.2. The van der Waals surface area contributed by atoms with Gasteiger partial charge in [-0.05, 0) is 115 Å². The molecule has 1 aliphatic rings. The lowest BCUT2D eigenvalue weighted by Gasteiger charge is -2.22. The van der Waals surface area contributed by atoms with E-state index in [4.69, 9.17) is 8.83 Å². The van der Waals surface area contributed by atoms with Gasteiger partial charge in [0.15, 0.2) is 0 Å². The first kappa shape index (κ1) is 30.0. The molecular weight excluding hydrogens is 645 g/mol. The molecule has 1 aliphatic carbocycles. The number of fused-ring (bicyclic) bond motifs is 9. The van der Waals surface area contributed by atoms with Crippen LogP contribution in [0.15, 0.2) is 179 Å². The number of para-hydroxylation sites is 2. The first-order valence-electron chi connectivity index (χ1n) is 18.3. The molecule has 250 valence electrons. The second kappa shape index (κ2) is 11.2. The molecular formula is C51H34O2. The van der Waals surface area contributed by atoms with Crippen molar-refractivity contribution in [3.63, 3.8) is 0 Å². The highest BCUT2D eigenvalue weighted by molar-refractivity contribution is 6.07. The summed E-state index contributed by atoms with van der Waals surface area (Å²) in [5, 5.41) is 4.61. The Morgan fingerprint density at radius 1 is 0.302 bits per heavy atom. The standard InChI is InChI=1S/C51H34O2/c1-51(2)45-29-37(33-15-11-31(12-16-33)35-21-25-49-43(27-35)41-7-3-5-9-47(41)52-49)19-23-39(45)40-24-20-38(30-46(40)51)34-17-13-32(14-18-34)36-22-26-50-44(28-36)42-8-4-6-10-48(42)53-50/h3-30H,1-2H3. The average Bonchev–Trinajstić information content (AvgIpc) is 3.84. The van der Waals surface area contributed by atoms with Crippen molar-refractivity contribution in [1.82, 2.24) is 0 Å². The molecule has 0 radical (unpaired) electrons. The van der Waals surface area contributed by atoms with Crippen LogP contribution in [0, 0.1) is 0 Å². The first-order chi connectivity index (χ1) is 26.0. The van der Waals surface area contributed by atoms with Crippen molar-refractivity contribution in [2.75, 3.05) is 0 Å². The van der Waals surface area contributed by atoms with E-state index in [1.54, 1.807) is 0 Å². The van der Waals surface area contributed by atoms with E-state index in [0.717, 1.165) is 43.9 Å². The van der Waals surface area contributed by atoms with E-state index >= 15 is 0 Å². The van der Waals surface area contributed by atoms with E-state index in [1.807, 2.05) is 24.3 Å². The molecule has 0 spiro atoms. The summed E-state index contributed by atoms with van der Waals surface area (Å²) >= 11 is 0. The van der Waals surface area contributed by atoms with Gasteiger partial charge in [-0.3, -0.25) is 0 Å². The molecule has 0 amide bonds. The van der Waals surface area contributed by atoms with Gasteiger partial charge in [-0.2, -0.15) is 0 Å². The third-order valence-electron chi connectivity index (χ3n) is 11.5. The molecule has 2 nitrogen and oxygen atoms in total. The quantitative estimate of drug-likeness (QED) is 0.185. The van der Waals surface area contributed by atoms with Gasteiger partial charge >= 0.3 is 0 Å². The van der Waals surface area contributed by atoms with Gasteiger partial charge in [0.25, 0.3) is 0 Å². The number of benzene rings is 8. The predicted octanol–water partition coefficient (Wildman–Crippen LogP) is 14.5. The third kappa shape index (κ3) is 4.65. The summed E-state index contributed by atoms with van der Waals surface area (Å²) in [6.07, 6.45) is 0. The number of hydrogen-bond donors (Lipinski definition) is 0. The molecule has 2 aromatic heterocycles. The van der Waals surface area contributed by atoms with Crippen molar-refractivity contribution in [2.24, 2.45) is 0 Å². The Bertz CT molecular complexity index is 2850. The summed E-state index contributed by atoms with van der Waals surface area (Å²) in [6, 6.07) is 61.4. The summed E-state index contributed by atoms with van der Waals surface area (Å²) in [7, 11) is 0. The van der Waals surface area contributed by atoms with Gasteiger partial charge < -0.3 is 8.83 Å². The van der Waals surface area contributed by atoms with Crippen molar-refractivity contribution in [3.05, 3.63) is 181 Å². The molecule has 0 saturated carbocycles. The Morgan fingerprint density at radius 2 is 0.623 bits per heavy atom. The maximum absolute atomic E-state index is 6.06. The van der Waals surface area contributed by atoms with E-state index in [0.29, 0.717) is 0 Å². The lowest BCUT2D eigenvalue weighted by atomic mass is 9.80.